The molecule has 0 aromatic carbocycles. The zero-order chi connectivity index (χ0) is 27.6. The third-order valence-electron chi connectivity index (χ3n) is 6.41. The van der Waals surface area contributed by atoms with Crippen LogP contribution in [0.5, 0.6) is 0 Å². The Balaban J connectivity index is 1.71. The lowest BCUT2D eigenvalue weighted by atomic mass is 9.53. The molecule has 2 saturated heterocycles. The third-order valence-corrected chi connectivity index (χ3v) is 6.84. The van der Waals surface area contributed by atoms with Crippen molar-refractivity contribution in [2.24, 2.45) is 11.3 Å². The van der Waals surface area contributed by atoms with Crippen molar-refractivity contribution in [3.63, 3.8) is 0 Å². The van der Waals surface area contributed by atoms with Gasteiger partial charge in [-0.05, 0) is 82.4 Å². The second-order valence-electron chi connectivity index (χ2n) is 11.8. The summed E-state index contributed by atoms with van der Waals surface area (Å²) in [6, 6.07) is 1.92. The maximum absolute atomic E-state index is 13.1. The van der Waals surface area contributed by atoms with Gasteiger partial charge in [0.1, 0.15) is 22.7 Å². The number of carbonyl (C=O) groups is 3. The Labute approximate surface area is 223 Å². The molecule has 2 aliphatic heterocycles. The Morgan fingerprint density at radius 2 is 1.76 bits per heavy atom. The summed E-state index contributed by atoms with van der Waals surface area (Å²) in [4.78, 5) is 45.0. The van der Waals surface area contributed by atoms with Crippen molar-refractivity contribution < 1.29 is 33.3 Å². The molecule has 37 heavy (non-hydrogen) atoms. The SMILES string of the molecule is COC(=O)C1C2(CN(C(=O)OC(C)(C)C)C(=O)OC(C)(C)C)COC1(c1nc3c(C)cc(Br)cn3n1)C2. The average Bonchev–Trinajstić information content (AvgIpc) is 3.40. The molecule has 0 N–H and O–H groups in total. The second-order valence-corrected chi connectivity index (χ2v) is 12.7. The number of aromatic nitrogens is 3. The largest absolute Gasteiger partial charge is 0.469 e. The predicted molar refractivity (Wildman–Crippen MR) is 135 cm³/mol. The molecule has 11 nitrogen and oxygen atoms in total. The smallest absolute Gasteiger partial charge is 0.419 e. The highest BCUT2D eigenvalue weighted by atomic mass is 79.9. The molecule has 5 rings (SSSR count). The van der Waals surface area contributed by atoms with Gasteiger partial charge in [0.2, 0.25) is 0 Å². The van der Waals surface area contributed by atoms with E-state index in [1.807, 2.05) is 13.0 Å². The number of pyridine rings is 1. The van der Waals surface area contributed by atoms with E-state index in [2.05, 4.69) is 21.0 Å². The van der Waals surface area contributed by atoms with Crippen molar-refractivity contribution in [2.75, 3.05) is 20.3 Å². The number of aryl methyl sites for hydroxylation is 1. The fourth-order valence-electron chi connectivity index (χ4n) is 5.10. The number of hydrogen-bond acceptors (Lipinski definition) is 9. The molecule has 3 atom stereocenters. The minimum atomic E-state index is -1.15. The number of amides is 2. The first-order chi connectivity index (χ1) is 17.0. The van der Waals surface area contributed by atoms with Gasteiger partial charge in [-0.2, -0.15) is 0 Å². The maximum Gasteiger partial charge on any atom is 0.419 e. The summed E-state index contributed by atoms with van der Waals surface area (Å²) in [6.45, 7) is 12.1. The van der Waals surface area contributed by atoms with Gasteiger partial charge >= 0.3 is 18.2 Å². The van der Waals surface area contributed by atoms with Gasteiger partial charge in [0.25, 0.3) is 0 Å². The first kappa shape index (κ1) is 27.3. The molecular formula is C25H33BrN4O7. The molecule has 0 spiro atoms. The van der Waals surface area contributed by atoms with Gasteiger partial charge in [0.15, 0.2) is 11.5 Å². The third kappa shape index (κ3) is 4.93. The lowest BCUT2D eigenvalue weighted by Gasteiger charge is -2.50. The van der Waals surface area contributed by atoms with E-state index in [9.17, 15) is 14.4 Å². The van der Waals surface area contributed by atoms with Crippen LogP contribution < -0.4 is 0 Å². The normalized spacial score (nSPS) is 24.9. The van der Waals surface area contributed by atoms with Crippen LogP contribution >= 0.6 is 15.9 Å². The standard InChI is InChI=1S/C25H33BrN4O7/c1-14-9-15(26)10-30-17(14)27-19(28-30)25-11-24(13-35-25,16(25)18(31)34-8)12-29(20(32)36-22(2,3)4)21(33)37-23(5,6)7/h9-10,16H,11-13H2,1-8H3. The van der Waals surface area contributed by atoms with E-state index in [1.54, 1.807) is 52.3 Å². The summed E-state index contributed by atoms with van der Waals surface area (Å²) in [6.07, 6.45) is 0.348. The van der Waals surface area contributed by atoms with E-state index in [-0.39, 0.29) is 13.2 Å². The zero-order valence-corrected chi connectivity index (χ0v) is 24.0. The molecule has 0 radical (unpaired) electrons. The van der Waals surface area contributed by atoms with Crippen LogP contribution in [0.15, 0.2) is 16.7 Å². The number of halogens is 1. The summed E-state index contributed by atoms with van der Waals surface area (Å²) in [5.74, 6) is -1.04. The molecule has 12 heteroatoms. The van der Waals surface area contributed by atoms with Crippen LogP contribution in [0.1, 0.15) is 59.4 Å². The van der Waals surface area contributed by atoms with Crippen LogP contribution in [0.3, 0.4) is 0 Å². The van der Waals surface area contributed by atoms with Crippen molar-refractivity contribution in [1.29, 1.82) is 0 Å². The Morgan fingerprint density at radius 1 is 1.16 bits per heavy atom. The topological polar surface area (TPSA) is 122 Å². The molecule has 2 amide bonds. The second kappa shape index (κ2) is 8.93. The van der Waals surface area contributed by atoms with Crippen molar-refractivity contribution >= 4 is 39.7 Å². The lowest BCUT2D eigenvalue weighted by molar-refractivity contribution is -0.175. The van der Waals surface area contributed by atoms with Crippen LogP contribution in [0, 0.1) is 18.3 Å². The fraction of sp³-hybridized carbons (Fsp3) is 0.640. The van der Waals surface area contributed by atoms with Gasteiger partial charge in [-0.1, -0.05) is 0 Å². The van der Waals surface area contributed by atoms with Crippen LogP contribution in [-0.4, -0.2) is 69.1 Å². The van der Waals surface area contributed by atoms with Gasteiger partial charge in [0, 0.05) is 22.6 Å². The number of fused-ring (bicyclic) bond motifs is 2. The van der Waals surface area contributed by atoms with Crippen molar-refractivity contribution in [3.8, 4) is 0 Å². The van der Waals surface area contributed by atoms with Gasteiger partial charge < -0.3 is 18.9 Å². The Kier molecular flexibility index (Phi) is 6.59. The van der Waals surface area contributed by atoms with Crippen LogP contribution in [0.25, 0.3) is 5.65 Å². The molecule has 2 bridgehead atoms. The molecule has 2 aromatic heterocycles. The van der Waals surface area contributed by atoms with E-state index < -0.39 is 46.3 Å². The summed E-state index contributed by atoms with van der Waals surface area (Å²) >= 11 is 3.46. The van der Waals surface area contributed by atoms with Crippen LogP contribution in [0.4, 0.5) is 9.59 Å². The molecule has 3 fully saturated rings. The number of carbonyl (C=O) groups excluding carboxylic acids is 3. The number of hydrogen-bond donors (Lipinski definition) is 0. The van der Waals surface area contributed by atoms with Gasteiger partial charge in [-0.15, -0.1) is 5.10 Å². The highest BCUT2D eigenvalue weighted by Gasteiger charge is 2.76. The average molecular weight is 581 g/mol. The Morgan fingerprint density at radius 3 is 2.30 bits per heavy atom. The number of ether oxygens (including phenoxy) is 4. The maximum atomic E-state index is 13.1. The van der Waals surface area contributed by atoms with E-state index in [4.69, 9.17) is 23.9 Å². The zero-order valence-electron chi connectivity index (χ0n) is 22.4. The number of esters is 1. The van der Waals surface area contributed by atoms with E-state index in [0.717, 1.165) is 14.9 Å². The van der Waals surface area contributed by atoms with Gasteiger partial charge in [-0.25, -0.2) is 24.0 Å². The first-order valence-corrected chi connectivity index (χ1v) is 12.8. The molecule has 1 aliphatic carbocycles. The summed E-state index contributed by atoms with van der Waals surface area (Å²) in [5, 5.41) is 4.62. The monoisotopic (exact) mass is 580 g/mol. The molecule has 2 aromatic rings. The van der Waals surface area contributed by atoms with Crippen molar-refractivity contribution in [3.05, 3.63) is 28.1 Å². The lowest BCUT2D eigenvalue weighted by Crippen LogP contribution is -2.62. The minimum Gasteiger partial charge on any atom is -0.469 e. The number of imide groups is 1. The van der Waals surface area contributed by atoms with Gasteiger partial charge in [0.05, 0.1) is 13.7 Å². The Hall–Kier alpha value is -2.73. The van der Waals surface area contributed by atoms with E-state index in [0.29, 0.717) is 17.9 Å². The first-order valence-electron chi connectivity index (χ1n) is 12.0. The highest BCUT2D eigenvalue weighted by Crippen LogP contribution is 2.67. The van der Waals surface area contributed by atoms with Crippen molar-refractivity contribution in [2.45, 2.75) is 71.7 Å². The molecule has 3 unspecified atom stereocenters. The molecule has 1 saturated carbocycles. The fourth-order valence-corrected chi connectivity index (χ4v) is 5.63. The van der Waals surface area contributed by atoms with Gasteiger partial charge in [-0.3, -0.25) is 4.79 Å². The quantitative estimate of drug-likeness (QED) is 0.383. The predicted octanol–water partition coefficient (Wildman–Crippen LogP) is 4.38. The molecular weight excluding hydrogens is 548 g/mol. The highest BCUT2D eigenvalue weighted by molar-refractivity contribution is 9.10. The number of nitrogens with zero attached hydrogens (tertiary/aromatic N) is 4. The number of rotatable bonds is 4. The summed E-state index contributed by atoms with van der Waals surface area (Å²) < 4.78 is 24.8. The van der Waals surface area contributed by atoms with E-state index in [1.165, 1.54) is 7.11 Å². The molecule has 202 valence electrons. The van der Waals surface area contributed by atoms with Crippen molar-refractivity contribution in [1.82, 2.24) is 19.5 Å². The summed E-state index contributed by atoms with van der Waals surface area (Å²) in [7, 11) is 1.29. The number of methoxy groups -OCH3 is 1. The summed E-state index contributed by atoms with van der Waals surface area (Å²) in [5.41, 5.74) is -2.24. The minimum absolute atomic E-state index is 0.0904. The Bertz CT molecular complexity index is 1240. The molecule has 4 heterocycles. The van der Waals surface area contributed by atoms with Crippen LogP contribution in [-0.2, 0) is 29.3 Å². The molecule has 3 aliphatic rings. The van der Waals surface area contributed by atoms with Crippen LogP contribution in [0.2, 0.25) is 0 Å². The van der Waals surface area contributed by atoms with E-state index >= 15 is 0 Å².